The second-order valence-corrected chi connectivity index (χ2v) is 7.33. The van der Waals surface area contributed by atoms with Crippen molar-refractivity contribution in [3.63, 3.8) is 0 Å². The summed E-state index contributed by atoms with van der Waals surface area (Å²) in [5.74, 6) is 0.106. The van der Waals surface area contributed by atoms with E-state index in [4.69, 9.17) is 4.74 Å². The molecule has 30 heavy (non-hydrogen) atoms. The SMILES string of the molecule is CCc1cc(O)ccc1-c1ccc2cc(C(=O)NCCN3CCOC3=O)ccc2c1. The summed E-state index contributed by atoms with van der Waals surface area (Å²) >= 11 is 0. The van der Waals surface area contributed by atoms with Gasteiger partial charge in [0.15, 0.2) is 0 Å². The highest BCUT2D eigenvalue weighted by Crippen LogP contribution is 2.30. The Labute approximate surface area is 175 Å². The zero-order chi connectivity index (χ0) is 21.1. The van der Waals surface area contributed by atoms with Crippen LogP contribution in [-0.4, -0.2) is 48.2 Å². The lowest BCUT2D eigenvalue weighted by molar-refractivity contribution is 0.0949. The molecule has 6 heteroatoms. The zero-order valence-electron chi connectivity index (χ0n) is 16.9. The number of carbonyl (C=O) groups excluding carboxylic acids is 2. The normalized spacial score (nSPS) is 13.5. The molecule has 1 aliphatic rings. The van der Waals surface area contributed by atoms with Crippen molar-refractivity contribution >= 4 is 22.8 Å². The summed E-state index contributed by atoms with van der Waals surface area (Å²) in [6.07, 6.45) is 0.501. The van der Waals surface area contributed by atoms with E-state index in [1.165, 1.54) is 0 Å². The molecule has 0 unspecified atom stereocenters. The second-order valence-electron chi connectivity index (χ2n) is 7.33. The van der Waals surface area contributed by atoms with Crippen LogP contribution in [-0.2, 0) is 11.2 Å². The molecule has 0 aromatic heterocycles. The number of ether oxygens (including phenoxy) is 1. The highest BCUT2D eigenvalue weighted by atomic mass is 16.6. The van der Waals surface area contributed by atoms with Crippen LogP contribution >= 0.6 is 0 Å². The van der Waals surface area contributed by atoms with Crippen molar-refractivity contribution in [2.24, 2.45) is 0 Å². The molecule has 0 aliphatic carbocycles. The first-order valence-electron chi connectivity index (χ1n) is 10.1. The van der Waals surface area contributed by atoms with Gasteiger partial charge in [0.05, 0.1) is 6.54 Å². The van der Waals surface area contributed by atoms with Crippen molar-refractivity contribution in [2.75, 3.05) is 26.2 Å². The fourth-order valence-electron chi connectivity index (χ4n) is 3.74. The lowest BCUT2D eigenvalue weighted by Crippen LogP contribution is -2.35. The average Bonchev–Trinajstić information content (AvgIpc) is 3.17. The zero-order valence-corrected chi connectivity index (χ0v) is 16.9. The van der Waals surface area contributed by atoms with Gasteiger partial charge in [0.25, 0.3) is 5.91 Å². The van der Waals surface area contributed by atoms with E-state index in [2.05, 4.69) is 18.3 Å². The molecule has 2 N–H and O–H groups in total. The van der Waals surface area contributed by atoms with Gasteiger partial charge in [0.2, 0.25) is 0 Å². The summed E-state index contributed by atoms with van der Waals surface area (Å²) in [5.41, 5.74) is 3.85. The van der Waals surface area contributed by atoms with Crippen LogP contribution in [0.2, 0.25) is 0 Å². The number of aryl methyl sites for hydroxylation is 1. The molecule has 154 valence electrons. The van der Waals surface area contributed by atoms with E-state index in [9.17, 15) is 14.7 Å². The van der Waals surface area contributed by atoms with E-state index >= 15 is 0 Å². The third-order valence-electron chi connectivity index (χ3n) is 5.40. The van der Waals surface area contributed by atoms with Gasteiger partial charge in [-0.3, -0.25) is 4.79 Å². The van der Waals surface area contributed by atoms with Gasteiger partial charge in [-0.25, -0.2) is 4.79 Å². The van der Waals surface area contributed by atoms with Gasteiger partial charge in [-0.2, -0.15) is 0 Å². The number of nitrogens with one attached hydrogen (secondary N) is 1. The van der Waals surface area contributed by atoms with Crippen LogP contribution in [0.25, 0.3) is 21.9 Å². The van der Waals surface area contributed by atoms with Crippen molar-refractivity contribution in [2.45, 2.75) is 13.3 Å². The van der Waals surface area contributed by atoms with Crippen molar-refractivity contribution in [1.82, 2.24) is 10.2 Å². The molecule has 4 rings (SSSR count). The van der Waals surface area contributed by atoms with Gasteiger partial charge in [-0.05, 0) is 64.2 Å². The third kappa shape index (κ3) is 4.08. The number of amides is 2. The Morgan fingerprint density at radius 3 is 2.67 bits per heavy atom. The first-order chi connectivity index (χ1) is 14.5. The van der Waals surface area contributed by atoms with Crippen molar-refractivity contribution in [3.05, 3.63) is 65.7 Å². The minimum atomic E-state index is -0.328. The van der Waals surface area contributed by atoms with E-state index in [1.807, 2.05) is 36.4 Å². The Kier molecular flexibility index (Phi) is 5.57. The molecular weight excluding hydrogens is 380 g/mol. The predicted molar refractivity (Wildman–Crippen MR) is 116 cm³/mol. The lowest BCUT2D eigenvalue weighted by Gasteiger charge is -2.13. The molecular formula is C24H24N2O4. The molecule has 3 aromatic carbocycles. The van der Waals surface area contributed by atoms with E-state index in [0.717, 1.165) is 33.9 Å². The molecule has 6 nitrogen and oxygen atoms in total. The Morgan fingerprint density at radius 1 is 1.10 bits per heavy atom. The molecule has 2 amide bonds. The Bertz CT molecular complexity index is 1110. The number of rotatable bonds is 6. The van der Waals surface area contributed by atoms with Crippen LogP contribution in [0.3, 0.4) is 0 Å². The minimum Gasteiger partial charge on any atom is -0.508 e. The van der Waals surface area contributed by atoms with Gasteiger partial charge < -0.3 is 20.1 Å². The van der Waals surface area contributed by atoms with Crippen LogP contribution < -0.4 is 5.32 Å². The van der Waals surface area contributed by atoms with Crippen molar-refractivity contribution in [3.8, 4) is 16.9 Å². The van der Waals surface area contributed by atoms with Gasteiger partial charge in [-0.15, -0.1) is 0 Å². The number of cyclic esters (lactones) is 1. The molecule has 0 bridgehead atoms. The summed E-state index contributed by atoms with van der Waals surface area (Å²) in [7, 11) is 0. The maximum atomic E-state index is 12.5. The summed E-state index contributed by atoms with van der Waals surface area (Å²) in [5, 5.41) is 14.6. The quantitative estimate of drug-likeness (QED) is 0.652. The number of carbonyl (C=O) groups is 2. The molecule has 0 atom stereocenters. The molecule has 0 radical (unpaired) electrons. The predicted octanol–water partition coefficient (Wildman–Crippen LogP) is 3.96. The van der Waals surface area contributed by atoms with Crippen LogP contribution in [0.1, 0.15) is 22.8 Å². The number of aromatic hydroxyl groups is 1. The highest BCUT2D eigenvalue weighted by Gasteiger charge is 2.21. The first-order valence-corrected chi connectivity index (χ1v) is 10.1. The number of fused-ring (bicyclic) bond motifs is 1. The van der Waals surface area contributed by atoms with E-state index in [-0.39, 0.29) is 17.7 Å². The summed E-state index contributed by atoms with van der Waals surface area (Å²) in [6, 6.07) is 17.2. The Balaban J connectivity index is 1.49. The van der Waals surface area contributed by atoms with Gasteiger partial charge >= 0.3 is 6.09 Å². The van der Waals surface area contributed by atoms with E-state index in [1.54, 1.807) is 17.0 Å². The lowest BCUT2D eigenvalue weighted by atomic mass is 9.95. The molecule has 1 saturated heterocycles. The number of phenols is 1. The molecule has 1 aliphatic heterocycles. The van der Waals surface area contributed by atoms with E-state index < -0.39 is 0 Å². The van der Waals surface area contributed by atoms with Crippen LogP contribution in [0.5, 0.6) is 5.75 Å². The average molecular weight is 404 g/mol. The number of phenolic OH excluding ortho intramolecular Hbond substituents is 1. The number of benzene rings is 3. The minimum absolute atomic E-state index is 0.166. The topological polar surface area (TPSA) is 78.9 Å². The number of nitrogens with zero attached hydrogens (tertiary/aromatic N) is 1. The first kappa shape index (κ1) is 19.8. The van der Waals surface area contributed by atoms with E-state index in [0.29, 0.717) is 31.8 Å². The fraction of sp³-hybridized carbons (Fsp3) is 0.250. The molecule has 0 saturated carbocycles. The monoisotopic (exact) mass is 404 g/mol. The number of hydrogen-bond donors (Lipinski definition) is 2. The Hall–Kier alpha value is -3.54. The standard InChI is InChI=1S/C24H24N2O4/c1-2-16-15-21(27)7-8-22(16)19-5-3-18-14-20(6-4-17(18)13-19)23(28)25-9-10-26-11-12-30-24(26)29/h3-8,13-15,27H,2,9-12H2,1H3,(H,25,28). The van der Waals surface area contributed by atoms with Gasteiger partial charge in [0.1, 0.15) is 12.4 Å². The fourth-order valence-corrected chi connectivity index (χ4v) is 3.74. The summed E-state index contributed by atoms with van der Waals surface area (Å²) < 4.78 is 4.88. The van der Waals surface area contributed by atoms with Gasteiger partial charge in [-0.1, -0.05) is 31.2 Å². The molecule has 0 spiro atoms. The Morgan fingerprint density at radius 2 is 1.90 bits per heavy atom. The summed E-state index contributed by atoms with van der Waals surface area (Å²) in [4.78, 5) is 25.5. The molecule has 1 heterocycles. The van der Waals surface area contributed by atoms with Crippen molar-refractivity contribution < 1.29 is 19.4 Å². The maximum absolute atomic E-state index is 12.5. The molecule has 3 aromatic rings. The van der Waals surface area contributed by atoms with Gasteiger partial charge in [0, 0.05) is 18.7 Å². The van der Waals surface area contributed by atoms with Crippen LogP contribution in [0.15, 0.2) is 54.6 Å². The molecule has 1 fully saturated rings. The van der Waals surface area contributed by atoms with Crippen LogP contribution in [0, 0.1) is 0 Å². The van der Waals surface area contributed by atoms with Crippen LogP contribution in [0.4, 0.5) is 4.79 Å². The second kappa shape index (κ2) is 8.45. The number of hydrogen-bond acceptors (Lipinski definition) is 4. The third-order valence-corrected chi connectivity index (χ3v) is 5.40. The highest BCUT2D eigenvalue weighted by molar-refractivity contribution is 5.99. The maximum Gasteiger partial charge on any atom is 0.409 e. The summed E-state index contributed by atoms with van der Waals surface area (Å²) in [6.45, 7) is 3.85. The van der Waals surface area contributed by atoms with Crippen molar-refractivity contribution in [1.29, 1.82) is 0 Å². The smallest absolute Gasteiger partial charge is 0.409 e. The largest absolute Gasteiger partial charge is 0.508 e.